The van der Waals surface area contributed by atoms with E-state index >= 15 is 0 Å². The SMILES string of the molecule is CCOc1cc(/C=N\NC(=O)c2ccc(OCc3ccccc3Cl)cc2)ccc1OS(=O)(=O)c1ccccc1. The number of amides is 1. The summed E-state index contributed by atoms with van der Waals surface area (Å²) in [4.78, 5) is 12.5. The predicted molar refractivity (Wildman–Crippen MR) is 149 cm³/mol. The zero-order valence-electron chi connectivity index (χ0n) is 20.9. The molecule has 0 spiro atoms. The van der Waals surface area contributed by atoms with E-state index in [0.29, 0.717) is 28.5 Å². The third-order valence-electron chi connectivity index (χ3n) is 5.35. The number of hydrogen-bond donors (Lipinski definition) is 1. The van der Waals surface area contributed by atoms with Crippen LogP contribution in [-0.4, -0.2) is 27.1 Å². The van der Waals surface area contributed by atoms with Crippen molar-refractivity contribution in [2.45, 2.75) is 18.4 Å². The molecule has 0 aliphatic carbocycles. The van der Waals surface area contributed by atoms with Gasteiger partial charge in [-0.15, -0.1) is 0 Å². The van der Waals surface area contributed by atoms with Crippen molar-refractivity contribution in [3.8, 4) is 17.2 Å². The summed E-state index contributed by atoms with van der Waals surface area (Å²) in [6.45, 7) is 2.36. The molecular formula is C29H25ClN2O6S. The van der Waals surface area contributed by atoms with Gasteiger partial charge in [-0.1, -0.05) is 48.0 Å². The highest BCUT2D eigenvalue weighted by Gasteiger charge is 2.19. The lowest BCUT2D eigenvalue weighted by molar-refractivity contribution is 0.0955. The number of halogens is 1. The van der Waals surface area contributed by atoms with Gasteiger partial charge in [0.25, 0.3) is 5.91 Å². The summed E-state index contributed by atoms with van der Waals surface area (Å²) >= 11 is 6.15. The van der Waals surface area contributed by atoms with E-state index in [1.807, 2.05) is 18.2 Å². The minimum atomic E-state index is -4.03. The van der Waals surface area contributed by atoms with E-state index in [1.165, 1.54) is 24.4 Å². The maximum absolute atomic E-state index is 12.6. The maximum atomic E-state index is 12.6. The van der Waals surface area contributed by atoms with E-state index in [9.17, 15) is 13.2 Å². The first-order chi connectivity index (χ1) is 18.9. The highest BCUT2D eigenvalue weighted by atomic mass is 35.5. The summed E-state index contributed by atoms with van der Waals surface area (Å²) in [6, 6.07) is 26.5. The smallest absolute Gasteiger partial charge is 0.339 e. The fourth-order valence-corrected chi connectivity index (χ4v) is 4.56. The molecule has 10 heteroatoms. The summed E-state index contributed by atoms with van der Waals surface area (Å²) < 4.78 is 41.8. The molecule has 0 bridgehead atoms. The predicted octanol–water partition coefficient (Wildman–Crippen LogP) is 5.85. The summed E-state index contributed by atoms with van der Waals surface area (Å²) in [7, 11) is -4.03. The second-order valence-electron chi connectivity index (χ2n) is 8.09. The monoisotopic (exact) mass is 564 g/mol. The molecule has 4 rings (SSSR count). The maximum Gasteiger partial charge on any atom is 0.339 e. The van der Waals surface area contributed by atoms with Gasteiger partial charge in [-0.25, -0.2) is 5.43 Å². The van der Waals surface area contributed by atoms with Crippen LogP contribution in [0.1, 0.15) is 28.4 Å². The van der Waals surface area contributed by atoms with Gasteiger partial charge in [-0.05, 0) is 73.2 Å². The molecule has 8 nitrogen and oxygen atoms in total. The third kappa shape index (κ3) is 7.59. The van der Waals surface area contributed by atoms with Crippen molar-refractivity contribution in [3.05, 3.63) is 119 Å². The molecule has 200 valence electrons. The van der Waals surface area contributed by atoms with Crippen LogP contribution in [0.3, 0.4) is 0 Å². The summed E-state index contributed by atoms with van der Waals surface area (Å²) in [5.74, 6) is 0.441. The number of nitrogens with one attached hydrogen (secondary N) is 1. The molecule has 0 heterocycles. The van der Waals surface area contributed by atoms with Crippen LogP contribution >= 0.6 is 11.6 Å². The van der Waals surface area contributed by atoms with Crippen molar-refractivity contribution < 1.29 is 26.9 Å². The summed E-state index contributed by atoms with van der Waals surface area (Å²) in [6.07, 6.45) is 1.41. The van der Waals surface area contributed by atoms with Crippen LogP contribution in [0.5, 0.6) is 17.2 Å². The highest BCUT2D eigenvalue weighted by Crippen LogP contribution is 2.31. The highest BCUT2D eigenvalue weighted by molar-refractivity contribution is 7.87. The van der Waals surface area contributed by atoms with Crippen LogP contribution < -0.4 is 19.1 Å². The number of ether oxygens (including phenoxy) is 2. The molecule has 0 fully saturated rings. The lowest BCUT2D eigenvalue weighted by atomic mass is 10.2. The zero-order valence-corrected chi connectivity index (χ0v) is 22.5. The number of hydrazone groups is 1. The Morgan fingerprint density at radius 2 is 1.62 bits per heavy atom. The Balaban J connectivity index is 1.37. The van der Waals surface area contributed by atoms with Crippen molar-refractivity contribution in [1.29, 1.82) is 0 Å². The molecule has 0 aromatic heterocycles. The molecule has 1 amide bonds. The van der Waals surface area contributed by atoms with E-state index in [2.05, 4.69) is 10.5 Å². The Labute approximate surface area is 231 Å². The van der Waals surface area contributed by atoms with Gasteiger partial charge in [0.1, 0.15) is 17.3 Å². The number of benzene rings is 4. The molecule has 0 saturated carbocycles. The Morgan fingerprint density at radius 3 is 2.33 bits per heavy atom. The van der Waals surface area contributed by atoms with Crippen molar-refractivity contribution in [2.24, 2.45) is 5.10 Å². The minimum absolute atomic E-state index is 0.0287. The van der Waals surface area contributed by atoms with Gasteiger partial charge in [0.05, 0.1) is 12.8 Å². The number of nitrogens with zero attached hydrogens (tertiary/aromatic N) is 1. The van der Waals surface area contributed by atoms with Gasteiger partial charge in [0, 0.05) is 16.1 Å². The first-order valence-corrected chi connectivity index (χ1v) is 13.7. The van der Waals surface area contributed by atoms with Gasteiger partial charge < -0.3 is 13.7 Å². The van der Waals surface area contributed by atoms with Crippen LogP contribution in [0.2, 0.25) is 5.02 Å². The van der Waals surface area contributed by atoms with E-state index in [0.717, 1.165) is 5.56 Å². The Morgan fingerprint density at radius 1 is 0.897 bits per heavy atom. The molecule has 0 aliphatic heterocycles. The molecule has 0 unspecified atom stereocenters. The zero-order chi connectivity index (χ0) is 27.7. The fraction of sp³-hybridized carbons (Fsp3) is 0.103. The van der Waals surface area contributed by atoms with Gasteiger partial charge >= 0.3 is 10.1 Å². The largest absolute Gasteiger partial charge is 0.490 e. The van der Waals surface area contributed by atoms with Gasteiger partial charge in [-0.3, -0.25) is 4.79 Å². The van der Waals surface area contributed by atoms with Crippen LogP contribution in [0, 0.1) is 0 Å². The molecular weight excluding hydrogens is 540 g/mol. The van der Waals surface area contributed by atoms with Crippen LogP contribution in [-0.2, 0) is 16.7 Å². The number of carbonyl (C=O) groups excluding carboxylic acids is 1. The summed E-state index contributed by atoms with van der Waals surface area (Å²) in [5, 5.41) is 4.62. The normalized spacial score (nSPS) is 11.2. The van der Waals surface area contributed by atoms with Gasteiger partial charge in [0.2, 0.25) is 0 Å². The first kappa shape index (κ1) is 27.7. The summed E-state index contributed by atoms with van der Waals surface area (Å²) in [5.41, 5.74) is 4.28. The molecule has 0 saturated heterocycles. The van der Waals surface area contributed by atoms with E-state index in [1.54, 1.807) is 67.6 Å². The van der Waals surface area contributed by atoms with Gasteiger partial charge in [0.15, 0.2) is 11.5 Å². The second kappa shape index (κ2) is 12.9. The standard InChI is InChI=1S/C29H25ClN2O6S/c1-2-36-28-18-21(12-17-27(28)38-39(34,35)25-9-4-3-5-10-25)19-31-32-29(33)22-13-15-24(16-14-22)37-20-23-8-6-7-11-26(23)30/h3-19H,2,20H2,1H3,(H,32,33)/b31-19-. The Bertz CT molecular complexity index is 1560. The lowest BCUT2D eigenvalue weighted by Gasteiger charge is -2.12. The lowest BCUT2D eigenvalue weighted by Crippen LogP contribution is -2.17. The topological polar surface area (TPSA) is 103 Å². The number of carbonyl (C=O) groups is 1. The van der Waals surface area contributed by atoms with Crippen molar-refractivity contribution >= 4 is 33.8 Å². The van der Waals surface area contributed by atoms with Crippen molar-refractivity contribution in [2.75, 3.05) is 6.61 Å². The van der Waals surface area contributed by atoms with E-state index in [-0.39, 0.29) is 23.0 Å². The molecule has 4 aromatic carbocycles. The minimum Gasteiger partial charge on any atom is -0.490 e. The first-order valence-electron chi connectivity index (χ1n) is 11.9. The molecule has 1 N–H and O–H groups in total. The molecule has 0 radical (unpaired) electrons. The third-order valence-corrected chi connectivity index (χ3v) is 6.96. The molecule has 4 aromatic rings. The second-order valence-corrected chi connectivity index (χ2v) is 10.0. The quantitative estimate of drug-likeness (QED) is 0.139. The molecule has 0 aliphatic rings. The van der Waals surface area contributed by atoms with Crippen molar-refractivity contribution in [3.63, 3.8) is 0 Å². The Kier molecular flexibility index (Phi) is 9.19. The van der Waals surface area contributed by atoms with Gasteiger partial charge in [-0.2, -0.15) is 13.5 Å². The fourth-order valence-electron chi connectivity index (χ4n) is 3.40. The van der Waals surface area contributed by atoms with E-state index in [4.69, 9.17) is 25.3 Å². The van der Waals surface area contributed by atoms with Crippen LogP contribution in [0.4, 0.5) is 0 Å². The average molecular weight is 565 g/mol. The average Bonchev–Trinajstić information content (AvgIpc) is 2.95. The van der Waals surface area contributed by atoms with Crippen molar-refractivity contribution in [1.82, 2.24) is 5.43 Å². The molecule has 0 atom stereocenters. The number of rotatable bonds is 11. The number of hydrogen-bond acceptors (Lipinski definition) is 7. The Hall–Kier alpha value is -4.34. The van der Waals surface area contributed by atoms with E-state index < -0.39 is 16.0 Å². The molecule has 39 heavy (non-hydrogen) atoms. The van der Waals surface area contributed by atoms with Crippen LogP contribution in [0.15, 0.2) is 107 Å². The van der Waals surface area contributed by atoms with Crippen LogP contribution in [0.25, 0.3) is 0 Å².